The van der Waals surface area contributed by atoms with Crippen molar-refractivity contribution in [1.82, 2.24) is 20.4 Å². The van der Waals surface area contributed by atoms with Crippen LogP contribution in [0.25, 0.3) is 0 Å². The predicted molar refractivity (Wildman–Crippen MR) is 75.3 cm³/mol. The van der Waals surface area contributed by atoms with Gasteiger partial charge in [-0.1, -0.05) is 5.16 Å². The second kappa shape index (κ2) is 6.61. The molecule has 0 aromatic carbocycles. The van der Waals surface area contributed by atoms with Gasteiger partial charge in [0.05, 0.1) is 0 Å². The molecule has 3 rings (SSSR count). The van der Waals surface area contributed by atoms with Gasteiger partial charge >= 0.3 is 0 Å². The fourth-order valence-corrected chi connectivity index (χ4v) is 2.64. The summed E-state index contributed by atoms with van der Waals surface area (Å²) in [6.45, 7) is 2.28. The molecule has 0 aliphatic carbocycles. The monoisotopic (exact) mass is 272 g/mol. The SMILES string of the molecule is c1cc(Cc2noc(CCC3CCNCC3)n2)ccn1. The minimum atomic E-state index is 0.708. The van der Waals surface area contributed by atoms with Crippen molar-refractivity contribution in [2.75, 3.05) is 13.1 Å². The van der Waals surface area contributed by atoms with Crippen LogP contribution in [0.2, 0.25) is 0 Å². The average Bonchev–Trinajstić information content (AvgIpc) is 2.95. The maximum atomic E-state index is 5.34. The normalized spacial score (nSPS) is 16.4. The van der Waals surface area contributed by atoms with Gasteiger partial charge in [0.15, 0.2) is 5.82 Å². The van der Waals surface area contributed by atoms with E-state index in [0.717, 1.165) is 49.1 Å². The Hall–Kier alpha value is -1.75. The summed E-state index contributed by atoms with van der Waals surface area (Å²) in [5.74, 6) is 2.33. The van der Waals surface area contributed by atoms with E-state index in [0.29, 0.717) is 6.42 Å². The molecule has 0 bridgehead atoms. The van der Waals surface area contributed by atoms with Gasteiger partial charge < -0.3 is 9.84 Å². The summed E-state index contributed by atoms with van der Waals surface area (Å²) in [6, 6.07) is 3.95. The number of piperidine rings is 1. The molecule has 0 spiro atoms. The van der Waals surface area contributed by atoms with Crippen LogP contribution in [0.5, 0.6) is 0 Å². The largest absolute Gasteiger partial charge is 0.339 e. The molecule has 106 valence electrons. The lowest BCUT2D eigenvalue weighted by Crippen LogP contribution is -2.27. The molecule has 0 radical (unpaired) electrons. The molecular formula is C15H20N4O. The van der Waals surface area contributed by atoms with Gasteiger partial charge in [-0.05, 0) is 56.0 Å². The number of nitrogens with one attached hydrogen (secondary N) is 1. The zero-order chi connectivity index (χ0) is 13.6. The third kappa shape index (κ3) is 3.63. The highest BCUT2D eigenvalue weighted by molar-refractivity contribution is 5.14. The minimum absolute atomic E-state index is 0.708. The van der Waals surface area contributed by atoms with Gasteiger partial charge in [-0.2, -0.15) is 4.98 Å². The van der Waals surface area contributed by atoms with Crippen LogP contribution < -0.4 is 5.32 Å². The second-order valence-electron chi connectivity index (χ2n) is 5.37. The van der Waals surface area contributed by atoms with E-state index in [1.807, 2.05) is 12.1 Å². The lowest BCUT2D eigenvalue weighted by molar-refractivity contribution is 0.323. The Balaban J connectivity index is 1.51. The van der Waals surface area contributed by atoms with E-state index in [1.165, 1.54) is 12.8 Å². The van der Waals surface area contributed by atoms with E-state index in [-0.39, 0.29) is 0 Å². The van der Waals surface area contributed by atoms with Gasteiger partial charge in [-0.3, -0.25) is 4.98 Å². The van der Waals surface area contributed by atoms with Gasteiger partial charge in [0.25, 0.3) is 0 Å². The first-order valence-electron chi connectivity index (χ1n) is 7.31. The lowest BCUT2D eigenvalue weighted by Gasteiger charge is -2.21. The summed E-state index contributed by atoms with van der Waals surface area (Å²) in [5.41, 5.74) is 1.16. The van der Waals surface area contributed by atoms with E-state index >= 15 is 0 Å². The molecule has 1 N–H and O–H groups in total. The highest BCUT2D eigenvalue weighted by Crippen LogP contribution is 2.18. The molecule has 1 fully saturated rings. The van der Waals surface area contributed by atoms with Gasteiger partial charge in [0.2, 0.25) is 5.89 Å². The summed E-state index contributed by atoms with van der Waals surface area (Å²) in [4.78, 5) is 8.48. The fraction of sp³-hybridized carbons (Fsp3) is 0.533. The van der Waals surface area contributed by atoms with Crippen LogP contribution in [0.1, 0.15) is 36.5 Å². The first-order valence-corrected chi connectivity index (χ1v) is 7.31. The number of hydrogen-bond acceptors (Lipinski definition) is 5. The van der Waals surface area contributed by atoms with E-state index in [1.54, 1.807) is 12.4 Å². The van der Waals surface area contributed by atoms with Gasteiger partial charge in [-0.25, -0.2) is 0 Å². The molecular weight excluding hydrogens is 252 g/mol. The van der Waals surface area contributed by atoms with Gasteiger partial charge in [0, 0.05) is 25.2 Å². The number of pyridine rings is 1. The molecule has 0 amide bonds. The van der Waals surface area contributed by atoms with Crippen molar-refractivity contribution in [3.63, 3.8) is 0 Å². The molecule has 1 saturated heterocycles. The third-order valence-electron chi connectivity index (χ3n) is 3.85. The Kier molecular flexibility index (Phi) is 4.38. The Morgan fingerprint density at radius 2 is 2.00 bits per heavy atom. The Bertz CT molecular complexity index is 520. The number of hydrogen-bond donors (Lipinski definition) is 1. The molecule has 20 heavy (non-hydrogen) atoms. The number of nitrogens with zero attached hydrogens (tertiary/aromatic N) is 3. The molecule has 0 atom stereocenters. The van der Waals surface area contributed by atoms with Crippen molar-refractivity contribution < 1.29 is 4.52 Å². The van der Waals surface area contributed by atoms with Crippen molar-refractivity contribution in [1.29, 1.82) is 0 Å². The van der Waals surface area contributed by atoms with Gasteiger partial charge in [0.1, 0.15) is 0 Å². The standard InChI is InChI=1S/C15H20N4O/c1(12-3-7-16-8-4-12)2-15-18-14(19-20-15)11-13-5-9-17-10-6-13/h5-6,9-10,12,16H,1-4,7-8,11H2. The first-order chi connectivity index (χ1) is 9.90. The van der Waals surface area contributed by atoms with Crippen molar-refractivity contribution in [2.24, 2.45) is 5.92 Å². The van der Waals surface area contributed by atoms with E-state index < -0.39 is 0 Å². The van der Waals surface area contributed by atoms with Crippen LogP contribution in [-0.4, -0.2) is 28.2 Å². The van der Waals surface area contributed by atoms with Crippen molar-refractivity contribution in [3.8, 4) is 0 Å². The molecule has 5 nitrogen and oxygen atoms in total. The highest BCUT2D eigenvalue weighted by Gasteiger charge is 2.15. The van der Waals surface area contributed by atoms with Crippen molar-refractivity contribution in [2.45, 2.75) is 32.1 Å². The van der Waals surface area contributed by atoms with E-state index in [9.17, 15) is 0 Å². The molecule has 3 heterocycles. The molecule has 0 unspecified atom stereocenters. The average molecular weight is 272 g/mol. The van der Waals surface area contributed by atoms with Crippen molar-refractivity contribution >= 4 is 0 Å². The summed E-state index contributed by atoms with van der Waals surface area (Å²) < 4.78 is 5.34. The smallest absolute Gasteiger partial charge is 0.226 e. The van der Waals surface area contributed by atoms with Crippen LogP contribution in [0, 0.1) is 5.92 Å². The fourth-order valence-electron chi connectivity index (χ4n) is 2.64. The Labute approximate surface area is 118 Å². The summed E-state index contributed by atoms with van der Waals surface area (Å²) in [7, 11) is 0. The molecule has 1 aliphatic rings. The third-order valence-corrected chi connectivity index (χ3v) is 3.85. The predicted octanol–water partition coefficient (Wildman–Crippen LogP) is 1.99. The summed E-state index contributed by atoms with van der Waals surface area (Å²) in [5, 5.41) is 7.44. The van der Waals surface area contributed by atoms with Crippen LogP contribution in [0.4, 0.5) is 0 Å². The van der Waals surface area contributed by atoms with E-state index in [4.69, 9.17) is 4.52 Å². The molecule has 2 aromatic heterocycles. The number of aromatic nitrogens is 3. The number of rotatable bonds is 5. The molecule has 1 aliphatic heterocycles. The molecule has 2 aromatic rings. The molecule has 5 heteroatoms. The highest BCUT2D eigenvalue weighted by atomic mass is 16.5. The zero-order valence-electron chi connectivity index (χ0n) is 11.6. The lowest BCUT2D eigenvalue weighted by atomic mass is 9.93. The minimum Gasteiger partial charge on any atom is -0.339 e. The maximum Gasteiger partial charge on any atom is 0.226 e. The Morgan fingerprint density at radius 3 is 2.80 bits per heavy atom. The second-order valence-corrected chi connectivity index (χ2v) is 5.37. The Morgan fingerprint density at radius 1 is 1.20 bits per heavy atom. The van der Waals surface area contributed by atoms with E-state index in [2.05, 4.69) is 20.4 Å². The maximum absolute atomic E-state index is 5.34. The van der Waals surface area contributed by atoms with Crippen LogP contribution >= 0.6 is 0 Å². The topological polar surface area (TPSA) is 63.8 Å². The van der Waals surface area contributed by atoms with Crippen LogP contribution in [-0.2, 0) is 12.8 Å². The first kappa shape index (κ1) is 13.2. The quantitative estimate of drug-likeness (QED) is 0.901. The van der Waals surface area contributed by atoms with Crippen LogP contribution in [0.3, 0.4) is 0 Å². The van der Waals surface area contributed by atoms with Crippen molar-refractivity contribution in [3.05, 3.63) is 41.8 Å². The summed E-state index contributed by atoms with van der Waals surface area (Å²) in [6.07, 6.45) is 8.85. The zero-order valence-corrected chi connectivity index (χ0v) is 11.6. The van der Waals surface area contributed by atoms with Crippen LogP contribution in [0.15, 0.2) is 29.0 Å². The van der Waals surface area contributed by atoms with Gasteiger partial charge in [-0.15, -0.1) is 0 Å². The number of aryl methyl sites for hydroxylation is 1. The summed E-state index contributed by atoms with van der Waals surface area (Å²) >= 11 is 0. The molecule has 0 saturated carbocycles.